The molecule has 7 heteroatoms. The lowest BCUT2D eigenvalue weighted by molar-refractivity contribution is -0.137. The number of nitrogens with one attached hydrogen (secondary N) is 2. The van der Waals surface area contributed by atoms with Crippen LogP contribution < -0.4 is 10.6 Å². The smallest absolute Gasteiger partial charge is 0.315 e. The Balaban J connectivity index is 1.53. The molecule has 0 atom stereocenters. The lowest BCUT2D eigenvalue weighted by Gasteiger charge is -2.09. The van der Waals surface area contributed by atoms with E-state index in [1.165, 1.54) is 0 Å². The van der Waals surface area contributed by atoms with Crippen LogP contribution in [-0.4, -0.2) is 33.2 Å². The van der Waals surface area contributed by atoms with Crippen molar-refractivity contribution in [2.24, 2.45) is 0 Å². The number of carbonyl (C=O) groups is 2. The highest BCUT2D eigenvalue weighted by atomic mass is 16.4. The fraction of sp³-hybridized carbons (Fsp3) is 0.250. The van der Waals surface area contributed by atoms with E-state index in [4.69, 9.17) is 5.11 Å². The number of carboxylic acid groups (broad SMARTS) is 1. The van der Waals surface area contributed by atoms with Gasteiger partial charge in [-0.15, -0.1) is 0 Å². The van der Waals surface area contributed by atoms with Crippen LogP contribution in [0.4, 0.5) is 4.79 Å². The largest absolute Gasteiger partial charge is 0.481 e. The van der Waals surface area contributed by atoms with Crippen LogP contribution in [0.5, 0.6) is 0 Å². The fourth-order valence-corrected chi connectivity index (χ4v) is 2.86. The first kappa shape index (κ1) is 18.4. The van der Waals surface area contributed by atoms with Crippen molar-refractivity contribution in [3.05, 3.63) is 66.0 Å². The van der Waals surface area contributed by atoms with Crippen molar-refractivity contribution in [3.63, 3.8) is 0 Å². The number of carboxylic acids is 1. The molecular formula is C20H22N4O3. The molecule has 0 fully saturated rings. The number of para-hydroxylation sites is 2. The zero-order valence-corrected chi connectivity index (χ0v) is 14.9. The Hall–Kier alpha value is -3.35. The normalized spacial score (nSPS) is 10.7. The summed E-state index contributed by atoms with van der Waals surface area (Å²) in [5.41, 5.74) is 4.17. The second-order valence-electron chi connectivity index (χ2n) is 6.29. The van der Waals surface area contributed by atoms with Gasteiger partial charge in [-0.05, 0) is 29.7 Å². The Morgan fingerprint density at radius 3 is 2.70 bits per heavy atom. The van der Waals surface area contributed by atoms with Crippen LogP contribution in [0.3, 0.4) is 0 Å². The zero-order valence-electron chi connectivity index (χ0n) is 14.9. The molecule has 0 bridgehead atoms. The summed E-state index contributed by atoms with van der Waals surface area (Å²) < 4.78 is 2.09. The van der Waals surface area contributed by atoms with Gasteiger partial charge in [0.05, 0.1) is 17.4 Å². The minimum absolute atomic E-state index is 0.0469. The fourth-order valence-electron chi connectivity index (χ4n) is 2.86. The molecule has 2 amide bonds. The molecule has 27 heavy (non-hydrogen) atoms. The molecule has 3 aromatic rings. The molecule has 0 saturated heterocycles. The van der Waals surface area contributed by atoms with E-state index >= 15 is 0 Å². The van der Waals surface area contributed by atoms with Crippen LogP contribution in [0.1, 0.15) is 24.0 Å². The SMILES string of the molecule is O=C(O)CCCNC(=O)NCc1cccc(Cn2cnc3ccccc32)c1. The standard InChI is InChI=1S/C20H22N4O3/c25-19(26)9-4-10-21-20(27)22-12-15-5-3-6-16(11-15)13-24-14-23-17-7-1-2-8-18(17)24/h1-3,5-8,11,14H,4,9-10,12-13H2,(H,25,26)(H2,21,22,27). The van der Waals surface area contributed by atoms with Crippen molar-refractivity contribution in [2.75, 3.05) is 6.54 Å². The van der Waals surface area contributed by atoms with Crippen molar-refractivity contribution in [2.45, 2.75) is 25.9 Å². The molecule has 3 rings (SSSR count). The van der Waals surface area contributed by atoms with Crippen molar-refractivity contribution in [1.29, 1.82) is 0 Å². The Labute approximate surface area is 157 Å². The van der Waals surface area contributed by atoms with Crippen LogP contribution in [-0.2, 0) is 17.9 Å². The van der Waals surface area contributed by atoms with E-state index in [1.54, 1.807) is 0 Å². The number of amides is 2. The average molecular weight is 366 g/mol. The molecule has 0 saturated carbocycles. The van der Waals surface area contributed by atoms with Gasteiger partial charge in [-0.3, -0.25) is 4.79 Å². The number of aliphatic carboxylic acids is 1. The maximum atomic E-state index is 11.8. The van der Waals surface area contributed by atoms with Crippen molar-refractivity contribution >= 4 is 23.0 Å². The molecule has 0 aliphatic carbocycles. The molecule has 0 aliphatic heterocycles. The van der Waals surface area contributed by atoms with Gasteiger partial charge in [0.1, 0.15) is 0 Å². The van der Waals surface area contributed by atoms with Gasteiger partial charge >= 0.3 is 12.0 Å². The summed E-state index contributed by atoms with van der Waals surface area (Å²) in [6.45, 7) is 1.45. The summed E-state index contributed by atoms with van der Waals surface area (Å²) >= 11 is 0. The minimum atomic E-state index is -0.861. The van der Waals surface area contributed by atoms with Gasteiger partial charge < -0.3 is 20.3 Å². The molecule has 1 heterocycles. The molecular weight excluding hydrogens is 344 g/mol. The quantitative estimate of drug-likeness (QED) is 0.534. The van der Waals surface area contributed by atoms with Crippen LogP contribution in [0.2, 0.25) is 0 Å². The number of urea groups is 1. The van der Waals surface area contributed by atoms with E-state index in [0.29, 0.717) is 26.1 Å². The third-order valence-electron chi connectivity index (χ3n) is 4.18. The van der Waals surface area contributed by atoms with Gasteiger partial charge in [0.2, 0.25) is 0 Å². The monoisotopic (exact) mass is 366 g/mol. The summed E-state index contributed by atoms with van der Waals surface area (Å²) in [5, 5.41) is 14.0. The van der Waals surface area contributed by atoms with Gasteiger partial charge in [0, 0.05) is 26.1 Å². The summed E-state index contributed by atoms with van der Waals surface area (Å²) in [4.78, 5) is 26.6. The first-order valence-corrected chi connectivity index (χ1v) is 8.83. The lowest BCUT2D eigenvalue weighted by Crippen LogP contribution is -2.35. The summed E-state index contributed by atoms with van der Waals surface area (Å²) in [6.07, 6.45) is 2.29. The molecule has 2 aromatic carbocycles. The third-order valence-corrected chi connectivity index (χ3v) is 4.18. The highest BCUT2D eigenvalue weighted by molar-refractivity contribution is 5.75. The van der Waals surface area contributed by atoms with Crippen LogP contribution in [0, 0.1) is 0 Å². The molecule has 0 spiro atoms. The van der Waals surface area contributed by atoms with E-state index in [-0.39, 0.29) is 12.5 Å². The Morgan fingerprint density at radius 1 is 1.04 bits per heavy atom. The summed E-state index contributed by atoms with van der Waals surface area (Å²) in [5.74, 6) is -0.861. The predicted molar refractivity (Wildman–Crippen MR) is 102 cm³/mol. The third kappa shape index (κ3) is 5.31. The number of rotatable bonds is 8. The van der Waals surface area contributed by atoms with Crippen LogP contribution in [0.15, 0.2) is 54.9 Å². The molecule has 0 unspecified atom stereocenters. The van der Waals surface area contributed by atoms with E-state index in [0.717, 1.165) is 22.2 Å². The van der Waals surface area contributed by atoms with E-state index < -0.39 is 5.97 Å². The van der Waals surface area contributed by atoms with Gasteiger partial charge in [-0.2, -0.15) is 0 Å². The number of benzene rings is 2. The number of hydrogen-bond acceptors (Lipinski definition) is 3. The van der Waals surface area contributed by atoms with E-state index in [2.05, 4.69) is 26.3 Å². The number of aromatic nitrogens is 2. The molecule has 0 radical (unpaired) electrons. The van der Waals surface area contributed by atoms with E-state index in [1.807, 2.05) is 48.8 Å². The van der Waals surface area contributed by atoms with Crippen molar-refractivity contribution < 1.29 is 14.7 Å². The Morgan fingerprint density at radius 2 is 1.85 bits per heavy atom. The van der Waals surface area contributed by atoms with Crippen molar-refractivity contribution in [3.8, 4) is 0 Å². The molecule has 1 aromatic heterocycles. The zero-order chi connectivity index (χ0) is 19.1. The minimum Gasteiger partial charge on any atom is -0.481 e. The van der Waals surface area contributed by atoms with Gasteiger partial charge in [0.25, 0.3) is 0 Å². The maximum Gasteiger partial charge on any atom is 0.315 e. The van der Waals surface area contributed by atoms with Gasteiger partial charge in [-0.1, -0.05) is 36.4 Å². The highest BCUT2D eigenvalue weighted by Gasteiger charge is 2.05. The number of fused-ring (bicyclic) bond motifs is 1. The maximum absolute atomic E-state index is 11.8. The second kappa shape index (κ2) is 8.84. The van der Waals surface area contributed by atoms with Gasteiger partial charge in [-0.25, -0.2) is 9.78 Å². The summed E-state index contributed by atoms with van der Waals surface area (Å²) in [6, 6.07) is 15.7. The van der Waals surface area contributed by atoms with Crippen LogP contribution in [0.25, 0.3) is 11.0 Å². The van der Waals surface area contributed by atoms with E-state index in [9.17, 15) is 9.59 Å². The molecule has 0 aliphatic rings. The Kier molecular flexibility index (Phi) is 6.04. The number of imidazole rings is 1. The topological polar surface area (TPSA) is 96.3 Å². The first-order chi connectivity index (χ1) is 13.1. The molecule has 7 nitrogen and oxygen atoms in total. The number of nitrogens with zero attached hydrogens (tertiary/aromatic N) is 2. The van der Waals surface area contributed by atoms with Crippen LogP contribution >= 0.6 is 0 Å². The average Bonchev–Trinajstić information content (AvgIpc) is 3.07. The number of hydrogen-bond donors (Lipinski definition) is 3. The first-order valence-electron chi connectivity index (χ1n) is 8.83. The summed E-state index contributed by atoms with van der Waals surface area (Å²) in [7, 11) is 0. The number of carbonyl (C=O) groups excluding carboxylic acids is 1. The predicted octanol–water partition coefficient (Wildman–Crippen LogP) is 2.75. The highest BCUT2D eigenvalue weighted by Crippen LogP contribution is 2.14. The Bertz CT molecular complexity index is 936. The second-order valence-corrected chi connectivity index (χ2v) is 6.29. The lowest BCUT2D eigenvalue weighted by atomic mass is 10.1. The molecule has 3 N–H and O–H groups in total. The van der Waals surface area contributed by atoms with Crippen molar-refractivity contribution in [1.82, 2.24) is 20.2 Å². The van der Waals surface area contributed by atoms with Gasteiger partial charge in [0.15, 0.2) is 0 Å². The molecule has 140 valence electrons.